The summed E-state index contributed by atoms with van der Waals surface area (Å²) in [7, 11) is 4.02. The highest BCUT2D eigenvalue weighted by atomic mass is 14.9. The summed E-state index contributed by atoms with van der Waals surface area (Å²) in [5.74, 6) is 0. The first-order chi connectivity index (χ1) is 6.36. The Morgan fingerprint density at radius 2 is 2.15 bits per heavy atom. The first-order valence-corrected chi connectivity index (χ1v) is 4.83. The molecule has 1 atom stereocenters. The van der Waals surface area contributed by atoms with E-state index in [2.05, 4.69) is 28.8 Å². The average Bonchev–Trinajstić information content (AvgIpc) is 2.60. The molecule has 0 bridgehead atoms. The van der Waals surface area contributed by atoms with Crippen molar-refractivity contribution in [2.45, 2.75) is 18.9 Å². The molecule has 0 heterocycles. The van der Waals surface area contributed by atoms with Crippen molar-refractivity contribution in [3.05, 3.63) is 29.3 Å². The van der Waals surface area contributed by atoms with E-state index in [1.807, 2.05) is 14.1 Å². The van der Waals surface area contributed by atoms with E-state index in [1.54, 1.807) is 0 Å². The van der Waals surface area contributed by atoms with Crippen molar-refractivity contribution < 1.29 is 0 Å². The molecule has 0 unspecified atom stereocenters. The molecule has 1 aromatic rings. The lowest BCUT2D eigenvalue weighted by molar-refractivity contribution is 0.591. The molecule has 1 aliphatic carbocycles. The van der Waals surface area contributed by atoms with Crippen LogP contribution in [0, 0.1) is 0 Å². The summed E-state index contributed by atoms with van der Waals surface area (Å²) in [6.45, 7) is 0. The van der Waals surface area contributed by atoms with Gasteiger partial charge in [-0.3, -0.25) is 0 Å². The maximum atomic E-state index is 3.35. The largest absolute Gasteiger partial charge is 0.388 e. The number of hydrogen-bond donors (Lipinski definition) is 2. The Labute approximate surface area is 79.4 Å². The van der Waals surface area contributed by atoms with Crippen LogP contribution in [0.4, 0.5) is 5.69 Å². The maximum absolute atomic E-state index is 3.35. The Kier molecular flexibility index (Phi) is 2.23. The van der Waals surface area contributed by atoms with Crippen LogP contribution in [0.2, 0.25) is 0 Å². The third-order valence-corrected chi connectivity index (χ3v) is 2.87. The molecule has 0 saturated heterocycles. The number of nitrogens with one attached hydrogen (secondary N) is 2. The van der Waals surface area contributed by atoms with Crippen LogP contribution >= 0.6 is 0 Å². The number of hydrogen-bond acceptors (Lipinski definition) is 2. The fourth-order valence-corrected chi connectivity index (χ4v) is 2.19. The van der Waals surface area contributed by atoms with E-state index < -0.39 is 0 Å². The van der Waals surface area contributed by atoms with Crippen LogP contribution in [0.5, 0.6) is 0 Å². The minimum absolute atomic E-state index is 0.540. The molecule has 1 aliphatic rings. The smallest absolute Gasteiger partial charge is 0.0388 e. The van der Waals surface area contributed by atoms with Gasteiger partial charge < -0.3 is 10.6 Å². The van der Waals surface area contributed by atoms with Crippen LogP contribution in [0.25, 0.3) is 0 Å². The van der Waals surface area contributed by atoms with Gasteiger partial charge in [0.15, 0.2) is 0 Å². The van der Waals surface area contributed by atoms with E-state index in [0.29, 0.717) is 6.04 Å². The Hall–Kier alpha value is -1.02. The van der Waals surface area contributed by atoms with Crippen LogP contribution < -0.4 is 10.6 Å². The second-order valence-corrected chi connectivity index (χ2v) is 3.51. The number of anilines is 1. The molecule has 0 spiro atoms. The number of aryl methyl sites for hydroxylation is 1. The van der Waals surface area contributed by atoms with E-state index in [-0.39, 0.29) is 0 Å². The van der Waals surface area contributed by atoms with Gasteiger partial charge in [-0.05, 0) is 37.1 Å². The molecule has 13 heavy (non-hydrogen) atoms. The van der Waals surface area contributed by atoms with Crippen molar-refractivity contribution in [1.29, 1.82) is 0 Å². The van der Waals surface area contributed by atoms with Gasteiger partial charge in [0.25, 0.3) is 0 Å². The Morgan fingerprint density at radius 3 is 2.85 bits per heavy atom. The highest BCUT2D eigenvalue weighted by Gasteiger charge is 2.22. The van der Waals surface area contributed by atoms with E-state index in [9.17, 15) is 0 Å². The summed E-state index contributed by atoms with van der Waals surface area (Å²) in [5.41, 5.74) is 4.23. The number of fused-ring (bicyclic) bond motifs is 1. The van der Waals surface area contributed by atoms with Gasteiger partial charge in [-0.25, -0.2) is 0 Å². The lowest BCUT2D eigenvalue weighted by atomic mass is 10.1. The van der Waals surface area contributed by atoms with Gasteiger partial charge in [-0.2, -0.15) is 0 Å². The molecule has 2 N–H and O–H groups in total. The highest BCUT2D eigenvalue weighted by molar-refractivity contribution is 5.57. The van der Waals surface area contributed by atoms with Crippen LogP contribution in [-0.4, -0.2) is 14.1 Å². The van der Waals surface area contributed by atoms with Crippen molar-refractivity contribution in [3.63, 3.8) is 0 Å². The van der Waals surface area contributed by atoms with E-state index in [1.165, 1.54) is 29.7 Å². The standard InChI is InChI=1S/C11H16N2/c1-12-9-5-3-4-8-6-7-10(13-2)11(8)9/h3-5,10,12-13H,6-7H2,1-2H3/t10-/m1/s1. The monoisotopic (exact) mass is 176 g/mol. The van der Waals surface area contributed by atoms with Crippen molar-refractivity contribution in [2.75, 3.05) is 19.4 Å². The molecule has 0 saturated carbocycles. The molecule has 2 nitrogen and oxygen atoms in total. The summed E-state index contributed by atoms with van der Waals surface area (Å²) in [6, 6.07) is 7.05. The van der Waals surface area contributed by atoms with Gasteiger partial charge in [0, 0.05) is 18.8 Å². The molecule has 0 aromatic heterocycles. The molecule has 0 amide bonds. The Balaban J connectivity index is 2.46. The normalized spacial score (nSPS) is 20.0. The van der Waals surface area contributed by atoms with Gasteiger partial charge in [0.1, 0.15) is 0 Å². The zero-order chi connectivity index (χ0) is 9.26. The summed E-state index contributed by atoms with van der Waals surface area (Å²) in [5, 5.41) is 6.61. The van der Waals surface area contributed by atoms with E-state index in [4.69, 9.17) is 0 Å². The zero-order valence-electron chi connectivity index (χ0n) is 8.22. The molecule has 2 heteroatoms. The lowest BCUT2D eigenvalue weighted by Gasteiger charge is -2.14. The second-order valence-electron chi connectivity index (χ2n) is 3.51. The van der Waals surface area contributed by atoms with Gasteiger partial charge in [0.05, 0.1) is 0 Å². The Bertz CT molecular complexity index is 307. The van der Waals surface area contributed by atoms with Crippen molar-refractivity contribution in [3.8, 4) is 0 Å². The molecule has 2 rings (SSSR count). The molecule has 0 radical (unpaired) electrons. The summed E-state index contributed by atoms with van der Waals surface area (Å²) >= 11 is 0. The van der Waals surface area contributed by atoms with Crippen molar-refractivity contribution in [2.24, 2.45) is 0 Å². The van der Waals surface area contributed by atoms with Gasteiger partial charge >= 0.3 is 0 Å². The summed E-state index contributed by atoms with van der Waals surface area (Å²) < 4.78 is 0. The fourth-order valence-electron chi connectivity index (χ4n) is 2.19. The van der Waals surface area contributed by atoms with Gasteiger partial charge in [0.2, 0.25) is 0 Å². The van der Waals surface area contributed by atoms with E-state index >= 15 is 0 Å². The number of rotatable bonds is 2. The van der Waals surface area contributed by atoms with Gasteiger partial charge in [-0.1, -0.05) is 12.1 Å². The fraction of sp³-hybridized carbons (Fsp3) is 0.455. The first-order valence-electron chi connectivity index (χ1n) is 4.83. The molecule has 0 aliphatic heterocycles. The number of benzene rings is 1. The average molecular weight is 176 g/mol. The lowest BCUT2D eigenvalue weighted by Crippen LogP contribution is -2.14. The minimum Gasteiger partial charge on any atom is -0.388 e. The molecule has 1 aromatic carbocycles. The van der Waals surface area contributed by atoms with Crippen molar-refractivity contribution >= 4 is 5.69 Å². The molecular weight excluding hydrogens is 160 g/mol. The van der Waals surface area contributed by atoms with Crippen LogP contribution in [0.15, 0.2) is 18.2 Å². The first kappa shape index (κ1) is 8.57. The van der Waals surface area contributed by atoms with Gasteiger partial charge in [-0.15, -0.1) is 0 Å². The molecule has 0 fully saturated rings. The third-order valence-electron chi connectivity index (χ3n) is 2.87. The topological polar surface area (TPSA) is 24.1 Å². The molecular formula is C11H16N2. The highest BCUT2D eigenvalue weighted by Crippen LogP contribution is 2.35. The predicted octanol–water partition coefficient (Wildman–Crippen LogP) is 1.93. The second kappa shape index (κ2) is 3.38. The maximum Gasteiger partial charge on any atom is 0.0388 e. The summed E-state index contributed by atoms with van der Waals surface area (Å²) in [6.07, 6.45) is 2.43. The Morgan fingerprint density at radius 1 is 1.31 bits per heavy atom. The quantitative estimate of drug-likeness (QED) is 0.719. The summed E-state index contributed by atoms with van der Waals surface area (Å²) in [4.78, 5) is 0. The minimum atomic E-state index is 0.540. The van der Waals surface area contributed by atoms with Crippen LogP contribution in [0.1, 0.15) is 23.6 Å². The van der Waals surface area contributed by atoms with Crippen LogP contribution in [-0.2, 0) is 6.42 Å². The zero-order valence-corrected chi connectivity index (χ0v) is 8.22. The molecule has 70 valence electrons. The van der Waals surface area contributed by atoms with E-state index in [0.717, 1.165) is 0 Å². The third kappa shape index (κ3) is 1.31. The SMILES string of the molecule is CNc1cccc2c1[C@H](NC)CC2. The van der Waals surface area contributed by atoms with Crippen LogP contribution in [0.3, 0.4) is 0 Å². The van der Waals surface area contributed by atoms with Crippen molar-refractivity contribution in [1.82, 2.24) is 5.32 Å². The predicted molar refractivity (Wildman–Crippen MR) is 56.1 cm³/mol.